The van der Waals surface area contributed by atoms with Crippen LogP contribution in [0.1, 0.15) is 18.9 Å². The Balaban J connectivity index is 1.38. The minimum Gasteiger partial charge on any atom is -0.494 e. The fourth-order valence-corrected chi connectivity index (χ4v) is 4.09. The van der Waals surface area contributed by atoms with Crippen LogP contribution in [0.2, 0.25) is 0 Å². The molecule has 0 spiro atoms. The number of aromatic nitrogens is 2. The van der Waals surface area contributed by atoms with E-state index in [1.165, 1.54) is 11.1 Å². The fraction of sp³-hybridized carbons (Fsp3) is 0.500. The normalized spacial score (nSPS) is 20.0. The Bertz CT molecular complexity index is 810. The Labute approximate surface area is 167 Å². The van der Waals surface area contributed by atoms with Crippen molar-refractivity contribution in [2.75, 3.05) is 53.0 Å². The molecule has 28 heavy (non-hydrogen) atoms. The van der Waals surface area contributed by atoms with Crippen molar-refractivity contribution in [1.82, 2.24) is 19.6 Å². The summed E-state index contributed by atoms with van der Waals surface area (Å²) in [6.45, 7) is 9.39. The zero-order valence-electron chi connectivity index (χ0n) is 16.9. The summed E-state index contributed by atoms with van der Waals surface area (Å²) >= 11 is 0. The molecule has 0 unspecified atom stereocenters. The van der Waals surface area contributed by atoms with Crippen molar-refractivity contribution >= 4 is 5.57 Å². The van der Waals surface area contributed by atoms with E-state index in [2.05, 4.69) is 34.1 Å². The van der Waals surface area contributed by atoms with Crippen LogP contribution in [-0.2, 0) is 4.74 Å². The third-order valence-corrected chi connectivity index (χ3v) is 5.77. The molecule has 6 heteroatoms. The standard InChI is InChI=1S/C22H30N4O2/c1-18(25-11-13-28-14-12-25)16-24-9-7-19(8-10-24)20-15-23-26(17-20)21-5-3-4-6-22(21)27-2/h3-7,15,17-18H,8-14,16H2,1-2H3/t18-/m0/s1. The second kappa shape index (κ2) is 8.90. The Hall–Kier alpha value is -2.15. The van der Waals surface area contributed by atoms with E-state index in [0.29, 0.717) is 6.04 Å². The maximum Gasteiger partial charge on any atom is 0.144 e. The number of rotatable bonds is 6. The van der Waals surface area contributed by atoms with E-state index in [9.17, 15) is 0 Å². The molecule has 150 valence electrons. The molecule has 0 radical (unpaired) electrons. The summed E-state index contributed by atoms with van der Waals surface area (Å²) in [6, 6.07) is 8.55. The molecule has 2 aromatic rings. The van der Waals surface area contributed by atoms with Crippen molar-refractivity contribution in [1.29, 1.82) is 0 Å². The first kappa shape index (κ1) is 19.2. The lowest BCUT2D eigenvalue weighted by molar-refractivity contribution is 0.0132. The van der Waals surface area contributed by atoms with Crippen LogP contribution in [0.25, 0.3) is 11.3 Å². The van der Waals surface area contributed by atoms with Gasteiger partial charge in [0.2, 0.25) is 0 Å². The van der Waals surface area contributed by atoms with Crippen LogP contribution in [0.4, 0.5) is 0 Å². The van der Waals surface area contributed by atoms with Crippen LogP contribution in [-0.4, -0.2) is 78.7 Å². The zero-order chi connectivity index (χ0) is 19.3. The van der Waals surface area contributed by atoms with Gasteiger partial charge in [-0.25, -0.2) is 4.68 Å². The van der Waals surface area contributed by atoms with Gasteiger partial charge in [0.15, 0.2) is 0 Å². The SMILES string of the molecule is COc1ccccc1-n1cc(C2=CCN(C[C@H](C)N3CCOCC3)CC2)cn1. The average molecular weight is 383 g/mol. The lowest BCUT2D eigenvalue weighted by atomic mass is 10.0. The topological polar surface area (TPSA) is 42.8 Å². The highest BCUT2D eigenvalue weighted by atomic mass is 16.5. The predicted octanol–water partition coefficient (Wildman–Crippen LogP) is 2.69. The first-order chi connectivity index (χ1) is 13.7. The second-order valence-electron chi connectivity index (χ2n) is 7.58. The Kier molecular flexibility index (Phi) is 6.10. The van der Waals surface area contributed by atoms with E-state index in [1.54, 1.807) is 7.11 Å². The molecule has 0 amide bonds. The first-order valence-electron chi connectivity index (χ1n) is 10.2. The van der Waals surface area contributed by atoms with E-state index in [1.807, 2.05) is 35.1 Å². The molecule has 2 aliphatic rings. The van der Waals surface area contributed by atoms with Gasteiger partial charge in [-0.1, -0.05) is 18.2 Å². The molecule has 1 aromatic carbocycles. The summed E-state index contributed by atoms with van der Waals surface area (Å²) in [6.07, 6.45) is 7.49. The number of morpholine rings is 1. The summed E-state index contributed by atoms with van der Waals surface area (Å²) in [5.74, 6) is 0.832. The van der Waals surface area contributed by atoms with Gasteiger partial charge in [-0.05, 0) is 31.1 Å². The Morgan fingerprint density at radius 1 is 1.18 bits per heavy atom. The van der Waals surface area contributed by atoms with Crippen LogP contribution in [0.3, 0.4) is 0 Å². The largest absolute Gasteiger partial charge is 0.494 e. The van der Waals surface area contributed by atoms with Crippen molar-refractivity contribution in [3.63, 3.8) is 0 Å². The van der Waals surface area contributed by atoms with Gasteiger partial charge in [0, 0.05) is 50.5 Å². The lowest BCUT2D eigenvalue weighted by Crippen LogP contribution is -2.48. The summed E-state index contributed by atoms with van der Waals surface area (Å²) < 4.78 is 12.8. The van der Waals surface area contributed by atoms with Gasteiger partial charge in [-0.15, -0.1) is 0 Å². The second-order valence-corrected chi connectivity index (χ2v) is 7.58. The monoisotopic (exact) mass is 382 g/mol. The summed E-state index contributed by atoms with van der Waals surface area (Å²) in [5.41, 5.74) is 3.55. The molecule has 1 fully saturated rings. The predicted molar refractivity (Wildman–Crippen MR) is 111 cm³/mol. The molecule has 1 atom stereocenters. The summed E-state index contributed by atoms with van der Waals surface area (Å²) in [4.78, 5) is 5.09. The molecular weight excluding hydrogens is 352 g/mol. The van der Waals surface area contributed by atoms with Crippen LogP contribution < -0.4 is 4.74 Å². The molecule has 1 saturated heterocycles. The fourth-order valence-electron chi connectivity index (χ4n) is 4.09. The highest BCUT2D eigenvalue weighted by molar-refractivity contribution is 5.66. The van der Waals surface area contributed by atoms with Crippen LogP contribution in [0, 0.1) is 0 Å². The molecule has 4 rings (SSSR count). The quantitative estimate of drug-likeness (QED) is 0.769. The van der Waals surface area contributed by atoms with E-state index in [4.69, 9.17) is 9.47 Å². The van der Waals surface area contributed by atoms with Gasteiger partial charge >= 0.3 is 0 Å². The number of ether oxygens (including phenoxy) is 2. The van der Waals surface area contributed by atoms with Crippen LogP contribution in [0.15, 0.2) is 42.7 Å². The summed E-state index contributed by atoms with van der Waals surface area (Å²) in [7, 11) is 1.69. The number of benzene rings is 1. The summed E-state index contributed by atoms with van der Waals surface area (Å²) in [5, 5.41) is 4.56. The number of nitrogens with zero attached hydrogens (tertiary/aromatic N) is 4. The molecular formula is C22H30N4O2. The third-order valence-electron chi connectivity index (χ3n) is 5.77. The molecule has 0 saturated carbocycles. The lowest BCUT2D eigenvalue weighted by Gasteiger charge is -2.36. The van der Waals surface area contributed by atoms with Gasteiger partial charge < -0.3 is 9.47 Å². The van der Waals surface area contributed by atoms with E-state index in [0.717, 1.165) is 63.8 Å². The van der Waals surface area contributed by atoms with E-state index in [-0.39, 0.29) is 0 Å². The smallest absolute Gasteiger partial charge is 0.144 e. The molecule has 1 aromatic heterocycles. The van der Waals surface area contributed by atoms with Crippen molar-refractivity contribution in [2.45, 2.75) is 19.4 Å². The van der Waals surface area contributed by atoms with Gasteiger partial charge in [-0.2, -0.15) is 5.10 Å². The first-order valence-corrected chi connectivity index (χ1v) is 10.2. The Morgan fingerprint density at radius 3 is 2.75 bits per heavy atom. The highest BCUT2D eigenvalue weighted by Crippen LogP contribution is 2.26. The van der Waals surface area contributed by atoms with Crippen LogP contribution in [0.5, 0.6) is 5.75 Å². The van der Waals surface area contributed by atoms with Crippen LogP contribution >= 0.6 is 0 Å². The van der Waals surface area contributed by atoms with Crippen molar-refractivity contribution < 1.29 is 9.47 Å². The number of methoxy groups -OCH3 is 1. The molecule has 0 aliphatic carbocycles. The molecule has 0 N–H and O–H groups in total. The maximum absolute atomic E-state index is 5.47. The average Bonchev–Trinajstić information content (AvgIpc) is 3.25. The van der Waals surface area contributed by atoms with Crippen molar-refractivity contribution in [3.05, 3.63) is 48.3 Å². The van der Waals surface area contributed by atoms with Gasteiger partial charge in [0.25, 0.3) is 0 Å². The number of para-hydroxylation sites is 2. The third kappa shape index (κ3) is 4.29. The highest BCUT2D eigenvalue weighted by Gasteiger charge is 2.21. The van der Waals surface area contributed by atoms with E-state index >= 15 is 0 Å². The van der Waals surface area contributed by atoms with Gasteiger partial charge in [0.1, 0.15) is 11.4 Å². The molecule has 0 bridgehead atoms. The van der Waals surface area contributed by atoms with E-state index < -0.39 is 0 Å². The van der Waals surface area contributed by atoms with Gasteiger partial charge in [0.05, 0.1) is 26.5 Å². The molecule has 6 nitrogen and oxygen atoms in total. The minimum atomic E-state index is 0.576. The molecule has 3 heterocycles. The maximum atomic E-state index is 5.47. The van der Waals surface area contributed by atoms with Gasteiger partial charge in [-0.3, -0.25) is 9.80 Å². The molecule has 2 aliphatic heterocycles. The number of hydrogen-bond donors (Lipinski definition) is 0. The van der Waals surface area contributed by atoms with Crippen molar-refractivity contribution in [3.8, 4) is 11.4 Å². The number of hydrogen-bond acceptors (Lipinski definition) is 5. The van der Waals surface area contributed by atoms with Crippen molar-refractivity contribution in [2.24, 2.45) is 0 Å². The zero-order valence-corrected chi connectivity index (χ0v) is 16.9. The Morgan fingerprint density at radius 2 is 2.00 bits per heavy atom. The minimum absolute atomic E-state index is 0.576.